The number of halogens is 1. The van der Waals surface area contributed by atoms with Gasteiger partial charge in [0.05, 0.1) is 13.7 Å². The van der Waals surface area contributed by atoms with E-state index in [4.69, 9.17) is 21.1 Å². The fourth-order valence-corrected chi connectivity index (χ4v) is 2.50. The van der Waals surface area contributed by atoms with Crippen LogP contribution in [0.3, 0.4) is 0 Å². The SMILES string of the molecule is C=CC(=O)Nc1ccc(OC)cc1-c1cc(Cl)ccc1OCCCC. The van der Waals surface area contributed by atoms with Crippen molar-refractivity contribution >= 4 is 23.2 Å². The van der Waals surface area contributed by atoms with Crippen LogP contribution in [0.5, 0.6) is 11.5 Å². The largest absolute Gasteiger partial charge is 0.497 e. The van der Waals surface area contributed by atoms with Crippen LogP contribution in [0.4, 0.5) is 5.69 Å². The number of carbonyl (C=O) groups is 1. The molecule has 0 saturated heterocycles. The van der Waals surface area contributed by atoms with Crippen molar-refractivity contribution in [1.82, 2.24) is 0 Å². The minimum atomic E-state index is -0.290. The number of hydrogen-bond acceptors (Lipinski definition) is 3. The first kappa shape index (κ1) is 18.9. The molecule has 4 nitrogen and oxygen atoms in total. The van der Waals surface area contributed by atoms with Crippen LogP contribution in [-0.4, -0.2) is 19.6 Å². The first-order valence-electron chi connectivity index (χ1n) is 8.13. The van der Waals surface area contributed by atoms with Crippen LogP contribution in [0.2, 0.25) is 5.02 Å². The Hall–Kier alpha value is -2.46. The third-order valence-electron chi connectivity index (χ3n) is 3.66. The highest BCUT2D eigenvalue weighted by Gasteiger charge is 2.14. The molecule has 1 N–H and O–H groups in total. The summed E-state index contributed by atoms with van der Waals surface area (Å²) in [6, 6.07) is 10.9. The molecule has 0 saturated carbocycles. The molecule has 0 aliphatic heterocycles. The van der Waals surface area contributed by atoms with Gasteiger partial charge in [-0.15, -0.1) is 0 Å². The van der Waals surface area contributed by atoms with E-state index >= 15 is 0 Å². The van der Waals surface area contributed by atoms with Gasteiger partial charge in [0.2, 0.25) is 5.91 Å². The third kappa shape index (κ3) is 5.00. The van der Waals surface area contributed by atoms with Crippen molar-refractivity contribution in [1.29, 1.82) is 0 Å². The lowest BCUT2D eigenvalue weighted by atomic mass is 10.0. The molecule has 0 aromatic heterocycles. The zero-order valence-corrected chi connectivity index (χ0v) is 15.2. The number of ether oxygens (including phenoxy) is 2. The molecule has 132 valence electrons. The maximum Gasteiger partial charge on any atom is 0.247 e. The second-order valence-electron chi connectivity index (χ2n) is 5.45. The van der Waals surface area contributed by atoms with E-state index in [1.807, 2.05) is 18.2 Å². The van der Waals surface area contributed by atoms with Crippen molar-refractivity contribution in [2.75, 3.05) is 19.0 Å². The molecule has 0 atom stereocenters. The van der Waals surface area contributed by atoms with Crippen LogP contribution in [0, 0.1) is 0 Å². The van der Waals surface area contributed by atoms with E-state index in [0.717, 1.165) is 24.0 Å². The molecule has 0 unspecified atom stereocenters. The monoisotopic (exact) mass is 359 g/mol. The summed E-state index contributed by atoms with van der Waals surface area (Å²) >= 11 is 6.20. The summed E-state index contributed by atoms with van der Waals surface area (Å²) in [7, 11) is 1.59. The summed E-state index contributed by atoms with van der Waals surface area (Å²) in [6.45, 7) is 6.21. The van der Waals surface area contributed by atoms with Crippen LogP contribution < -0.4 is 14.8 Å². The van der Waals surface area contributed by atoms with E-state index in [-0.39, 0.29) is 5.91 Å². The number of unbranched alkanes of at least 4 members (excludes halogenated alkanes) is 1. The standard InChI is InChI=1S/C20H22ClNO3/c1-4-6-11-25-19-10-7-14(21)12-17(19)16-13-15(24-3)8-9-18(16)22-20(23)5-2/h5,7-10,12-13H,2,4,6,11H2,1,3H3,(H,22,23). The molecule has 0 radical (unpaired) electrons. The second-order valence-corrected chi connectivity index (χ2v) is 5.88. The van der Waals surface area contributed by atoms with E-state index in [0.29, 0.717) is 28.8 Å². The van der Waals surface area contributed by atoms with E-state index in [1.165, 1.54) is 6.08 Å². The highest BCUT2D eigenvalue weighted by molar-refractivity contribution is 6.31. The number of hydrogen-bond donors (Lipinski definition) is 1. The van der Waals surface area contributed by atoms with Gasteiger partial charge in [0, 0.05) is 21.8 Å². The number of methoxy groups -OCH3 is 1. The third-order valence-corrected chi connectivity index (χ3v) is 3.89. The topological polar surface area (TPSA) is 47.6 Å². The molecule has 0 aliphatic rings. The van der Waals surface area contributed by atoms with Gasteiger partial charge in [-0.25, -0.2) is 0 Å². The highest BCUT2D eigenvalue weighted by Crippen LogP contribution is 2.39. The Kier molecular flexibility index (Phi) is 6.90. The molecule has 0 spiro atoms. The number of anilines is 1. The Morgan fingerprint density at radius 1 is 1.24 bits per heavy atom. The Bertz CT molecular complexity index is 759. The number of carbonyl (C=O) groups excluding carboxylic acids is 1. The summed E-state index contributed by atoms with van der Waals surface area (Å²) < 4.78 is 11.2. The number of benzene rings is 2. The molecule has 1 amide bonds. The highest BCUT2D eigenvalue weighted by atomic mass is 35.5. The predicted molar refractivity (Wildman–Crippen MR) is 103 cm³/mol. The molecule has 0 heterocycles. The Morgan fingerprint density at radius 3 is 2.72 bits per heavy atom. The van der Waals surface area contributed by atoms with Crippen LogP contribution >= 0.6 is 11.6 Å². The number of rotatable bonds is 8. The lowest BCUT2D eigenvalue weighted by Crippen LogP contribution is -2.09. The summed E-state index contributed by atoms with van der Waals surface area (Å²) in [5.74, 6) is 1.09. The van der Waals surface area contributed by atoms with Gasteiger partial charge in [-0.05, 0) is 48.9 Å². The molecular formula is C20H22ClNO3. The van der Waals surface area contributed by atoms with Gasteiger partial charge in [0.1, 0.15) is 11.5 Å². The number of amides is 1. The quantitative estimate of drug-likeness (QED) is 0.512. The van der Waals surface area contributed by atoms with Crippen molar-refractivity contribution in [3.8, 4) is 22.6 Å². The lowest BCUT2D eigenvalue weighted by Gasteiger charge is -2.16. The van der Waals surface area contributed by atoms with E-state index in [1.54, 1.807) is 25.3 Å². The Balaban J connectivity index is 2.52. The maximum atomic E-state index is 11.8. The Morgan fingerprint density at radius 2 is 2.04 bits per heavy atom. The lowest BCUT2D eigenvalue weighted by molar-refractivity contribution is -0.111. The fraction of sp³-hybridized carbons (Fsp3) is 0.250. The molecule has 2 aromatic carbocycles. The first-order valence-corrected chi connectivity index (χ1v) is 8.51. The fourth-order valence-electron chi connectivity index (χ4n) is 2.33. The van der Waals surface area contributed by atoms with Gasteiger partial charge in [-0.1, -0.05) is 31.5 Å². The summed E-state index contributed by atoms with van der Waals surface area (Å²) in [6.07, 6.45) is 3.23. The average Bonchev–Trinajstić information content (AvgIpc) is 2.63. The maximum absolute atomic E-state index is 11.8. The molecule has 0 aliphatic carbocycles. The van der Waals surface area contributed by atoms with Gasteiger partial charge in [-0.2, -0.15) is 0 Å². The van der Waals surface area contributed by atoms with Crippen LogP contribution in [0.25, 0.3) is 11.1 Å². The van der Waals surface area contributed by atoms with Crippen molar-refractivity contribution in [2.45, 2.75) is 19.8 Å². The zero-order valence-electron chi connectivity index (χ0n) is 14.5. The minimum Gasteiger partial charge on any atom is -0.497 e. The summed E-state index contributed by atoms with van der Waals surface area (Å²) in [4.78, 5) is 11.8. The molecule has 2 rings (SSSR count). The van der Waals surface area contributed by atoms with Gasteiger partial charge in [-0.3, -0.25) is 4.79 Å². The van der Waals surface area contributed by atoms with Crippen molar-refractivity contribution in [3.05, 3.63) is 54.1 Å². The van der Waals surface area contributed by atoms with Crippen LogP contribution in [0.15, 0.2) is 49.1 Å². The van der Waals surface area contributed by atoms with E-state index < -0.39 is 0 Å². The molecule has 5 heteroatoms. The van der Waals surface area contributed by atoms with Gasteiger partial charge >= 0.3 is 0 Å². The minimum absolute atomic E-state index is 0.290. The predicted octanol–water partition coefficient (Wildman–Crippen LogP) is 5.32. The summed E-state index contributed by atoms with van der Waals surface area (Å²) in [5.41, 5.74) is 2.19. The molecule has 2 aromatic rings. The van der Waals surface area contributed by atoms with E-state index in [9.17, 15) is 4.79 Å². The molecule has 0 bridgehead atoms. The van der Waals surface area contributed by atoms with Crippen molar-refractivity contribution in [3.63, 3.8) is 0 Å². The molecule has 0 fully saturated rings. The van der Waals surface area contributed by atoms with Gasteiger partial charge in [0.15, 0.2) is 0 Å². The van der Waals surface area contributed by atoms with Gasteiger partial charge < -0.3 is 14.8 Å². The Labute approximate surface area is 153 Å². The molecular weight excluding hydrogens is 338 g/mol. The smallest absolute Gasteiger partial charge is 0.247 e. The first-order chi connectivity index (χ1) is 12.1. The van der Waals surface area contributed by atoms with Crippen molar-refractivity contribution < 1.29 is 14.3 Å². The average molecular weight is 360 g/mol. The van der Waals surface area contributed by atoms with E-state index in [2.05, 4.69) is 18.8 Å². The zero-order chi connectivity index (χ0) is 18.2. The van der Waals surface area contributed by atoms with Gasteiger partial charge in [0.25, 0.3) is 0 Å². The number of nitrogens with one attached hydrogen (secondary N) is 1. The van der Waals surface area contributed by atoms with Crippen LogP contribution in [0.1, 0.15) is 19.8 Å². The second kappa shape index (κ2) is 9.14. The summed E-state index contributed by atoms with van der Waals surface area (Å²) in [5, 5.41) is 3.40. The van der Waals surface area contributed by atoms with Crippen molar-refractivity contribution in [2.24, 2.45) is 0 Å². The molecule has 25 heavy (non-hydrogen) atoms. The normalized spacial score (nSPS) is 10.2. The van der Waals surface area contributed by atoms with Crippen LogP contribution in [-0.2, 0) is 4.79 Å².